The molecule has 0 saturated heterocycles. The molecule has 0 saturated carbocycles. The van der Waals surface area contributed by atoms with Crippen LogP contribution in [0.1, 0.15) is 34.1 Å². The van der Waals surface area contributed by atoms with Gasteiger partial charge in [-0.3, -0.25) is 0 Å². The fraction of sp³-hybridized carbons (Fsp3) is 0.571. The van der Waals surface area contributed by atoms with Gasteiger partial charge in [0.25, 0.3) is 0 Å². The first kappa shape index (κ1) is 12.9. The fourth-order valence-electron chi connectivity index (χ4n) is 1.77. The zero-order chi connectivity index (χ0) is 12.0. The van der Waals surface area contributed by atoms with Crippen LogP contribution in [-0.2, 0) is 0 Å². The summed E-state index contributed by atoms with van der Waals surface area (Å²) in [6, 6.07) is 8.72. The molecule has 1 unspecified atom stereocenters. The summed E-state index contributed by atoms with van der Waals surface area (Å²) in [4.78, 5) is 0. The van der Waals surface area contributed by atoms with E-state index in [2.05, 4.69) is 38.2 Å². The smallest absolute Gasteiger partial charge is 0.119 e. The van der Waals surface area contributed by atoms with E-state index in [-0.39, 0.29) is 0 Å². The Hall–Kier alpha value is -1.18. The number of benzene rings is 1. The first-order valence-electron chi connectivity index (χ1n) is 6.16. The van der Waals surface area contributed by atoms with Gasteiger partial charge in [-0.1, -0.05) is 20.8 Å². The van der Waals surface area contributed by atoms with E-state index in [1.807, 2.05) is 19.1 Å². The number of hydrogen-bond donors (Lipinski definition) is 1. The Kier molecular flexibility index (Phi) is 5.17. The van der Waals surface area contributed by atoms with Crippen molar-refractivity contribution in [2.45, 2.75) is 40.2 Å². The molecule has 0 aliphatic heterocycles. The summed E-state index contributed by atoms with van der Waals surface area (Å²) in [5, 5.41) is 3.54. The maximum Gasteiger partial charge on any atom is 0.119 e. The van der Waals surface area contributed by atoms with Gasteiger partial charge in [0, 0.05) is 11.7 Å². The van der Waals surface area contributed by atoms with Crippen molar-refractivity contribution in [3.63, 3.8) is 0 Å². The van der Waals surface area contributed by atoms with Crippen LogP contribution in [0.2, 0.25) is 0 Å². The molecule has 0 heterocycles. The fourth-order valence-corrected chi connectivity index (χ4v) is 1.77. The highest BCUT2D eigenvalue weighted by atomic mass is 16.5. The van der Waals surface area contributed by atoms with Gasteiger partial charge in [-0.15, -0.1) is 0 Å². The maximum atomic E-state index is 5.41. The highest BCUT2D eigenvalue weighted by Crippen LogP contribution is 2.19. The lowest BCUT2D eigenvalue weighted by Gasteiger charge is -2.22. The molecular weight excluding hydrogens is 198 g/mol. The highest BCUT2D eigenvalue weighted by molar-refractivity contribution is 5.47. The van der Waals surface area contributed by atoms with Gasteiger partial charge in [0.05, 0.1) is 6.61 Å². The van der Waals surface area contributed by atoms with Crippen molar-refractivity contribution in [3.8, 4) is 5.75 Å². The van der Waals surface area contributed by atoms with Crippen molar-refractivity contribution in [2.24, 2.45) is 5.92 Å². The van der Waals surface area contributed by atoms with Crippen molar-refractivity contribution in [2.75, 3.05) is 11.9 Å². The Morgan fingerprint density at radius 2 is 1.75 bits per heavy atom. The lowest BCUT2D eigenvalue weighted by molar-refractivity contribution is 0.340. The van der Waals surface area contributed by atoms with Crippen LogP contribution in [0.5, 0.6) is 5.75 Å². The molecule has 0 fully saturated rings. The van der Waals surface area contributed by atoms with Crippen LogP contribution in [0, 0.1) is 5.92 Å². The molecule has 2 heteroatoms. The summed E-state index contributed by atoms with van der Waals surface area (Å²) in [6.45, 7) is 9.42. The number of anilines is 1. The lowest BCUT2D eigenvalue weighted by atomic mass is 10.0. The Bertz CT molecular complexity index is 292. The number of hydrogen-bond acceptors (Lipinski definition) is 2. The second-order valence-corrected chi connectivity index (χ2v) is 4.36. The van der Waals surface area contributed by atoms with E-state index in [1.54, 1.807) is 0 Å². The first-order chi connectivity index (χ1) is 7.67. The van der Waals surface area contributed by atoms with Crippen molar-refractivity contribution < 1.29 is 4.74 Å². The largest absolute Gasteiger partial charge is 0.494 e. The molecule has 2 nitrogen and oxygen atoms in total. The SMILES string of the molecule is CCOc1ccc(NC(CC)C(C)C)cc1. The summed E-state index contributed by atoms with van der Waals surface area (Å²) < 4.78 is 5.41. The summed E-state index contributed by atoms with van der Waals surface area (Å²) in [5.41, 5.74) is 1.17. The third kappa shape index (κ3) is 3.76. The summed E-state index contributed by atoms with van der Waals surface area (Å²) >= 11 is 0. The molecule has 0 bridgehead atoms. The number of ether oxygens (including phenoxy) is 1. The summed E-state index contributed by atoms with van der Waals surface area (Å²) in [6.07, 6.45) is 1.14. The topological polar surface area (TPSA) is 21.3 Å². The van der Waals surface area contributed by atoms with Crippen molar-refractivity contribution in [1.82, 2.24) is 0 Å². The molecule has 1 rings (SSSR count). The summed E-state index contributed by atoms with van der Waals surface area (Å²) in [5.74, 6) is 1.59. The average Bonchev–Trinajstić information content (AvgIpc) is 2.28. The van der Waals surface area contributed by atoms with Gasteiger partial charge in [0.15, 0.2) is 0 Å². The monoisotopic (exact) mass is 221 g/mol. The van der Waals surface area contributed by atoms with E-state index in [4.69, 9.17) is 4.74 Å². The molecule has 1 atom stereocenters. The van der Waals surface area contributed by atoms with E-state index in [9.17, 15) is 0 Å². The highest BCUT2D eigenvalue weighted by Gasteiger charge is 2.10. The van der Waals surface area contributed by atoms with E-state index < -0.39 is 0 Å². The molecule has 1 aromatic rings. The second kappa shape index (κ2) is 6.41. The standard InChI is InChI=1S/C14H23NO/c1-5-14(11(3)4)15-12-7-9-13(10-8-12)16-6-2/h7-11,14-15H,5-6H2,1-4H3. The van der Waals surface area contributed by atoms with Gasteiger partial charge >= 0.3 is 0 Å². The first-order valence-corrected chi connectivity index (χ1v) is 6.16. The molecule has 0 aliphatic carbocycles. The Morgan fingerprint density at radius 3 is 2.19 bits per heavy atom. The van der Waals surface area contributed by atoms with E-state index in [1.165, 1.54) is 5.69 Å². The second-order valence-electron chi connectivity index (χ2n) is 4.36. The average molecular weight is 221 g/mol. The molecular formula is C14H23NO. The van der Waals surface area contributed by atoms with Crippen molar-refractivity contribution >= 4 is 5.69 Å². The minimum atomic E-state index is 0.540. The van der Waals surface area contributed by atoms with Crippen LogP contribution < -0.4 is 10.1 Å². The van der Waals surface area contributed by atoms with Crippen LogP contribution >= 0.6 is 0 Å². The Morgan fingerprint density at radius 1 is 1.12 bits per heavy atom. The molecule has 0 radical (unpaired) electrons. The zero-order valence-corrected chi connectivity index (χ0v) is 10.8. The van der Waals surface area contributed by atoms with Crippen LogP contribution in [0.4, 0.5) is 5.69 Å². The number of rotatable bonds is 6. The minimum absolute atomic E-state index is 0.540. The predicted molar refractivity (Wildman–Crippen MR) is 70.2 cm³/mol. The molecule has 0 amide bonds. The van der Waals surface area contributed by atoms with E-state index in [0.29, 0.717) is 12.0 Å². The Labute approximate surface area is 99.0 Å². The number of nitrogens with one attached hydrogen (secondary N) is 1. The van der Waals surface area contributed by atoms with E-state index >= 15 is 0 Å². The molecule has 0 spiro atoms. The van der Waals surface area contributed by atoms with E-state index in [0.717, 1.165) is 18.8 Å². The molecule has 1 N–H and O–H groups in total. The lowest BCUT2D eigenvalue weighted by Crippen LogP contribution is -2.24. The molecule has 16 heavy (non-hydrogen) atoms. The normalized spacial score (nSPS) is 12.6. The quantitative estimate of drug-likeness (QED) is 0.785. The van der Waals surface area contributed by atoms with Gasteiger partial charge < -0.3 is 10.1 Å². The summed E-state index contributed by atoms with van der Waals surface area (Å²) in [7, 11) is 0. The van der Waals surface area contributed by atoms with Gasteiger partial charge in [0.2, 0.25) is 0 Å². The van der Waals surface area contributed by atoms with Crippen molar-refractivity contribution in [3.05, 3.63) is 24.3 Å². The van der Waals surface area contributed by atoms with Crippen LogP contribution in [-0.4, -0.2) is 12.6 Å². The third-order valence-electron chi connectivity index (χ3n) is 2.76. The molecule has 0 aromatic heterocycles. The molecule has 90 valence electrons. The van der Waals surface area contributed by atoms with Gasteiger partial charge in [0.1, 0.15) is 5.75 Å². The van der Waals surface area contributed by atoms with Gasteiger partial charge in [-0.25, -0.2) is 0 Å². The van der Waals surface area contributed by atoms with Gasteiger partial charge in [-0.2, -0.15) is 0 Å². The minimum Gasteiger partial charge on any atom is -0.494 e. The van der Waals surface area contributed by atoms with Crippen LogP contribution in [0.25, 0.3) is 0 Å². The Balaban J connectivity index is 2.60. The predicted octanol–water partition coefficient (Wildman–Crippen LogP) is 3.93. The zero-order valence-electron chi connectivity index (χ0n) is 10.8. The molecule has 0 aliphatic rings. The maximum absolute atomic E-state index is 5.41. The third-order valence-corrected chi connectivity index (χ3v) is 2.76. The van der Waals surface area contributed by atoms with Crippen molar-refractivity contribution in [1.29, 1.82) is 0 Å². The molecule has 1 aromatic carbocycles. The van der Waals surface area contributed by atoms with Crippen LogP contribution in [0.15, 0.2) is 24.3 Å². The van der Waals surface area contributed by atoms with Crippen LogP contribution in [0.3, 0.4) is 0 Å². The van der Waals surface area contributed by atoms with Gasteiger partial charge in [-0.05, 0) is 43.5 Å².